The van der Waals surface area contributed by atoms with E-state index in [9.17, 15) is 9.59 Å². The topological polar surface area (TPSA) is 84.0 Å². The summed E-state index contributed by atoms with van der Waals surface area (Å²) in [7, 11) is 0. The van der Waals surface area contributed by atoms with Crippen molar-refractivity contribution in [3.63, 3.8) is 0 Å². The lowest BCUT2D eigenvalue weighted by Crippen LogP contribution is -2.11. The van der Waals surface area contributed by atoms with Gasteiger partial charge in [-0.15, -0.1) is 11.3 Å². The fraction of sp³-hybridized carbons (Fsp3) is 0.0714. The fourth-order valence-electron chi connectivity index (χ4n) is 3.76. The van der Waals surface area contributed by atoms with Crippen LogP contribution in [-0.4, -0.2) is 22.3 Å². The molecular weight excluding hydrogens is 488 g/mol. The van der Waals surface area contributed by atoms with Gasteiger partial charge in [-0.2, -0.15) is 0 Å². The van der Waals surface area contributed by atoms with E-state index in [0.29, 0.717) is 13.0 Å². The van der Waals surface area contributed by atoms with Crippen LogP contribution in [0.25, 0.3) is 21.5 Å². The molecule has 1 aliphatic rings. The van der Waals surface area contributed by atoms with Gasteiger partial charge in [0.2, 0.25) is 6.41 Å². The molecule has 0 aliphatic carbocycles. The molecule has 5 aromatic rings. The first-order valence-electron chi connectivity index (χ1n) is 11.3. The van der Waals surface area contributed by atoms with Crippen LogP contribution < -0.4 is 10.6 Å². The molecule has 6 nitrogen and oxygen atoms in total. The molecule has 1 aliphatic heterocycles. The summed E-state index contributed by atoms with van der Waals surface area (Å²) in [5.41, 5.74) is 4.84. The highest BCUT2D eigenvalue weighted by Crippen LogP contribution is 2.38. The Morgan fingerprint density at radius 1 is 0.972 bits per heavy atom. The lowest BCUT2D eigenvalue weighted by Gasteiger charge is -2.06. The Hall–Kier alpha value is -4.01. The van der Waals surface area contributed by atoms with Gasteiger partial charge in [0.15, 0.2) is 0 Å². The summed E-state index contributed by atoms with van der Waals surface area (Å²) in [5.74, 6) is -0.0301. The van der Waals surface area contributed by atoms with Crippen molar-refractivity contribution in [1.82, 2.24) is 15.3 Å². The number of carbonyl (C=O) groups excluding carboxylic acids is 2. The Bertz CT molecular complexity index is 1560. The average Bonchev–Trinajstić information content (AvgIpc) is 3.33. The van der Waals surface area contributed by atoms with E-state index in [0.717, 1.165) is 53.0 Å². The number of aromatic nitrogens is 2. The van der Waals surface area contributed by atoms with Crippen LogP contribution in [0.4, 0.5) is 5.69 Å². The molecule has 0 saturated heterocycles. The van der Waals surface area contributed by atoms with Crippen LogP contribution in [0.2, 0.25) is 0 Å². The molecule has 0 unspecified atom stereocenters. The largest absolute Gasteiger partial charge is 0.354 e. The molecule has 3 heterocycles. The smallest absolute Gasteiger partial charge is 0.256 e. The van der Waals surface area contributed by atoms with Gasteiger partial charge in [0, 0.05) is 38.0 Å². The Morgan fingerprint density at radius 3 is 2.75 bits per heavy atom. The molecule has 0 atom stereocenters. The zero-order chi connectivity index (χ0) is 24.9. The SMILES string of the molecule is Cc1ccc2c(c1)NC(=O)c1ccccc1S2.O=CNCc1cnc(-c2ccc3ncccc3c2)s1. The molecule has 0 bridgehead atoms. The summed E-state index contributed by atoms with van der Waals surface area (Å²) >= 11 is 3.21. The van der Waals surface area contributed by atoms with Crippen molar-refractivity contribution in [2.75, 3.05) is 5.32 Å². The van der Waals surface area contributed by atoms with Crippen molar-refractivity contribution in [3.05, 3.63) is 101 Å². The third-order valence-corrected chi connectivity index (χ3v) is 7.70. The van der Waals surface area contributed by atoms with Gasteiger partial charge in [0.25, 0.3) is 5.91 Å². The van der Waals surface area contributed by atoms with E-state index >= 15 is 0 Å². The molecular formula is C28H22N4O2S2. The average molecular weight is 511 g/mol. The second-order valence-corrected chi connectivity index (χ2v) is 10.3. The van der Waals surface area contributed by atoms with E-state index in [1.165, 1.54) is 0 Å². The van der Waals surface area contributed by atoms with Gasteiger partial charge in [-0.1, -0.05) is 36.0 Å². The summed E-state index contributed by atoms with van der Waals surface area (Å²) in [6, 6.07) is 23.9. The van der Waals surface area contributed by atoms with E-state index in [2.05, 4.69) is 38.8 Å². The Labute approximate surface area is 216 Å². The van der Waals surface area contributed by atoms with Crippen LogP contribution >= 0.6 is 23.1 Å². The number of rotatable bonds is 4. The molecule has 2 amide bonds. The minimum atomic E-state index is -0.0301. The van der Waals surface area contributed by atoms with Crippen LogP contribution in [0.15, 0.2) is 95.0 Å². The Balaban J connectivity index is 0.000000149. The van der Waals surface area contributed by atoms with E-state index in [1.807, 2.05) is 61.5 Å². The van der Waals surface area contributed by atoms with E-state index < -0.39 is 0 Å². The number of anilines is 1. The second-order valence-electron chi connectivity index (χ2n) is 8.09. The molecule has 2 aromatic heterocycles. The molecule has 2 N–H and O–H groups in total. The fourth-order valence-corrected chi connectivity index (χ4v) is 5.63. The number of carbonyl (C=O) groups is 2. The van der Waals surface area contributed by atoms with Gasteiger partial charge in [0.05, 0.1) is 23.3 Å². The van der Waals surface area contributed by atoms with Crippen molar-refractivity contribution in [3.8, 4) is 10.6 Å². The van der Waals surface area contributed by atoms with Crippen molar-refractivity contribution in [1.29, 1.82) is 0 Å². The molecule has 6 rings (SSSR count). The Morgan fingerprint density at radius 2 is 1.86 bits per heavy atom. The summed E-state index contributed by atoms with van der Waals surface area (Å²) in [6.07, 6.45) is 4.28. The number of hydrogen-bond acceptors (Lipinski definition) is 6. The third kappa shape index (κ3) is 5.30. The first kappa shape index (κ1) is 23.7. The number of nitrogens with one attached hydrogen (secondary N) is 2. The minimum absolute atomic E-state index is 0.0301. The maximum atomic E-state index is 12.1. The van der Waals surface area contributed by atoms with Crippen molar-refractivity contribution >= 4 is 52.0 Å². The van der Waals surface area contributed by atoms with Crippen molar-refractivity contribution in [2.45, 2.75) is 23.3 Å². The highest BCUT2D eigenvalue weighted by Gasteiger charge is 2.19. The minimum Gasteiger partial charge on any atom is -0.354 e. The van der Waals surface area contributed by atoms with Gasteiger partial charge in [-0.25, -0.2) is 4.98 Å². The molecule has 0 fully saturated rings. The summed E-state index contributed by atoms with van der Waals surface area (Å²) in [4.78, 5) is 34.1. The molecule has 0 saturated carbocycles. The van der Waals surface area contributed by atoms with Gasteiger partial charge in [-0.05, 0) is 61.0 Å². The maximum absolute atomic E-state index is 12.1. The summed E-state index contributed by atoms with van der Waals surface area (Å²) in [6.45, 7) is 2.55. The predicted octanol–water partition coefficient (Wildman–Crippen LogP) is 6.32. The Kier molecular flexibility index (Phi) is 7.06. The van der Waals surface area contributed by atoms with Gasteiger partial charge in [-0.3, -0.25) is 14.6 Å². The number of hydrogen-bond donors (Lipinski definition) is 2. The number of pyridine rings is 1. The molecule has 3 aromatic carbocycles. The van der Waals surface area contributed by atoms with Gasteiger partial charge >= 0.3 is 0 Å². The summed E-state index contributed by atoms with van der Waals surface area (Å²) < 4.78 is 0. The number of fused-ring (bicyclic) bond motifs is 3. The lowest BCUT2D eigenvalue weighted by atomic mass is 10.1. The van der Waals surface area contributed by atoms with Crippen LogP contribution in [0.5, 0.6) is 0 Å². The normalized spacial score (nSPS) is 11.9. The van der Waals surface area contributed by atoms with Crippen LogP contribution in [0.3, 0.4) is 0 Å². The third-order valence-electron chi connectivity index (χ3n) is 5.50. The van der Waals surface area contributed by atoms with Crippen LogP contribution in [0.1, 0.15) is 20.8 Å². The zero-order valence-electron chi connectivity index (χ0n) is 19.4. The number of thiazole rings is 1. The molecule has 36 heavy (non-hydrogen) atoms. The van der Waals surface area contributed by atoms with Gasteiger partial charge < -0.3 is 10.6 Å². The zero-order valence-corrected chi connectivity index (χ0v) is 21.0. The molecule has 0 spiro atoms. The van der Waals surface area contributed by atoms with Crippen molar-refractivity contribution in [2.24, 2.45) is 0 Å². The number of nitrogens with zero attached hydrogens (tertiary/aromatic N) is 2. The monoisotopic (exact) mass is 510 g/mol. The van der Waals surface area contributed by atoms with E-state index in [-0.39, 0.29) is 5.91 Å². The molecule has 8 heteroatoms. The second kappa shape index (κ2) is 10.7. The first-order valence-corrected chi connectivity index (χ1v) is 12.9. The first-order chi connectivity index (χ1) is 17.6. The van der Waals surface area contributed by atoms with Crippen LogP contribution in [0, 0.1) is 6.92 Å². The van der Waals surface area contributed by atoms with Gasteiger partial charge in [0.1, 0.15) is 5.01 Å². The highest BCUT2D eigenvalue weighted by molar-refractivity contribution is 7.99. The highest BCUT2D eigenvalue weighted by atomic mass is 32.2. The van der Waals surface area contributed by atoms with E-state index in [4.69, 9.17) is 0 Å². The lowest BCUT2D eigenvalue weighted by molar-refractivity contribution is -0.109. The van der Waals surface area contributed by atoms with E-state index in [1.54, 1.807) is 35.5 Å². The molecule has 178 valence electrons. The van der Waals surface area contributed by atoms with Crippen molar-refractivity contribution < 1.29 is 9.59 Å². The van der Waals surface area contributed by atoms with Crippen LogP contribution in [-0.2, 0) is 11.3 Å². The molecule has 0 radical (unpaired) electrons. The quantitative estimate of drug-likeness (QED) is 0.277. The predicted molar refractivity (Wildman–Crippen MR) is 145 cm³/mol. The standard InChI is InChI=1S/C14H11N3OS.C14H11NOS/c18-9-15-7-12-8-17-14(19-12)11-3-4-13-10(6-11)2-1-5-16-13;1-9-6-7-13-11(8-9)15-14(16)10-4-2-3-5-12(10)17-13/h1-6,8-9H,7H2,(H,15,18);2-8H,1H3,(H,15,16). The number of aryl methyl sites for hydroxylation is 1. The maximum Gasteiger partial charge on any atom is 0.256 e. The number of benzene rings is 3. The summed E-state index contributed by atoms with van der Waals surface area (Å²) in [5, 5.41) is 7.65. The number of amides is 2.